The van der Waals surface area contributed by atoms with Crippen LogP contribution in [0.2, 0.25) is 0 Å². The standard InChI is InChI=1S/C41H61N6O8P/c1-3-4-5-6-7-8-9-10-11-12-13-14-15-16-17-18-25-51-29-35(52-28-34-26-33(27-42)19-21-37(34)50-2)30-53-56(48,49)55-39-23-24-41(31-43,54-39)38-22-20-36-40(44)45-32-46-47(36)38/h19-22,26,32,35,39H,3-18,23-25,28-30H2,1-2H3,(H,48,49)(H2,44,45,46)/t35-,39-,41+/m1/s1. The van der Waals surface area contributed by atoms with E-state index >= 15 is 0 Å². The molecule has 0 bridgehead atoms. The largest absolute Gasteiger partial charge is 0.496 e. The van der Waals surface area contributed by atoms with E-state index in [1.54, 1.807) is 30.3 Å². The quantitative estimate of drug-likeness (QED) is 0.0499. The second-order valence-corrected chi connectivity index (χ2v) is 15.9. The molecular weight excluding hydrogens is 735 g/mol. The Bertz CT molecular complexity index is 1740. The van der Waals surface area contributed by atoms with E-state index in [4.69, 9.17) is 33.7 Å². The van der Waals surface area contributed by atoms with Crippen LogP contribution in [0.1, 0.15) is 139 Å². The van der Waals surface area contributed by atoms with Gasteiger partial charge in [-0.2, -0.15) is 15.6 Å². The Balaban J connectivity index is 1.20. The monoisotopic (exact) mass is 796 g/mol. The fourth-order valence-corrected chi connectivity index (χ4v) is 7.82. The Morgan fingerprint density at radius 1 is 0.982 bits per heavy atom. The molecule has 4 rings (SSSR count). The van der Waals surface area contributed by atoms with Crippen molar-refractivity contribution in [1.82, 2.24) is 14.6 Å². The molecule has 3 heterocycles. The summed E-state index contributed by atoms with van der Waals surface area (Å²) in [5.41, 5.74) is 6.44. The third-order valence-corrected chi connectivity index (χ3v) is 11.1. The number of nitrogens with two attached hydrogens (primary N) is 1. The molecule has 0 aliphatic carbocycles. The molecule has 1 aliphatic heterocycles. The number of benzene rings is 1. The van der Waals surface area contributed by atoms with E-state index in [1.807, 2.05) is 0 Å². The van der Waals surface area contributed by atoms with Crippen molar-refractivity contribution in [2.75, 3.05) is 32.7 Å². The summed E-state index contributed by atoms with van der Waals surface area (Å²) in [6, 6.07) is 12.6. The minimum absolute atomic E-state index is 0.0431. The number of aromatic nitrogens is 3. The summed E-state index contributed by atoms with van der Waals surface area (Å²) in [4.78, 5) is 14.7. The van der Waals surface area contributed by atoms with Crippen LogP contribution in [-0.4, -0.2) is 58.8 Å². The van der Waals surface area contributed by atoms with E-state index in [1.165, 1.54) is 101 Å². The van der Waals surface area contributed by atoms with Crippen molar-refractivity contribution in [2.45, 2.75) is 147 Å². The van der Waals surface area contributed by atoms with Crippen molar-refractivity contribution in [3.8, 4) is 17.9 Å². The number of phosphoric acid groups is 1. The van der Waals surface area contributed by atoms with Gasteiger partial charge in [-0.25, -0.2) is 14.1 Å². The summed E-state index contributed by atoms with van der Waals surface area (Å²) in [6.45, 7) is 2.58. The number of anilines is 1. The van der Waals surface area contributed by atoms with Crippen molar-refractivity contribution in [3.63, 3.8) is 0 Å². The van der Waals surface area contributed by atoms with E-state index in [0.29, 0.717) is 34.7 Å². The molecule has 4 atom stereocenters. The summed E-state index contributed by atoms with van der Waals surface area (Å²) in [5.74, 6) is 0.776. The molecule has 2 aromatic heterocycles. The Morgan fingerprint density at radius 2 is 1.64 bits per heavy atom. The molecule has 0 amide bonds. The number of methoxy groups -OCH3 is 1. The minimum Gasteiger partial charge on any atom is -0.496 e. The maximum absolute atomic E-state index is 13.2. The number of fused-ring (bicyclic) bond motifs is 1. The normalized spacial score (nSPS) is 18.4. The highest BCUT2D eigenvalue weighted by atomic mass is 31.2. The summed E-state index contributed by atoms with van der Waals surface area (Å²) in [5, 5.41) is 23.7. The fourth-order valence-electron chi connectivity index (χ4n) is 6.96. The molecule has 15 heteroatoms. The predicted molar refractivity (Wildman–Crippen MR) is 212 cm³/mol. The lowest BCUT2D eigenvalue weighted by Gasteiger charge is -2.24. The Labute approximate surface area is 332 Å². The topological polar surface area (TPSA) is 196 Å². The average molecular weight is 797 g/mol. The van der Waals surface area contributed by atoms with Crippen LogP contribution in [0.3, 0.4) is 0 Å². The Kier molecular flexibility index (Phi) is 19.5. The molecule has 1 aliphatic rings. The fraction of sp³-hybridized carbons (Fsp3) is 0.659. The SMILES string of the molecule is CCCCCCCCCCCCCCCCCCOC[C@H](COP(=O)(O)O[C@@H]1CC[C@](C#N)(c2ccc3c(N)ncnn23)O1)OCc1cc(C#N)ccc1OC. The molecule has 1 fully saturated rings. The van der Waals surface area contributed by atoms with Crippen molar-refractivity contribution < 1.29 is 37.5 Å². The summed E-state index contributed by atoms with van der Waals surface area (Å²) in [7, 11) is -3.16. The van der Waals surface area contributed by atoms with Crippen LogP contribution < -0.4 is 10.5 Å². The van der Waals surface area contributed by atoms with Gasteiger partial charge in [0.15, 0.2) is 17.7 Å². The highest BCUT2D eigenvalue weighted by molar-refractivity contribution is 7.47. The van der Waals surface area contributed by atoms with Crippen LogP contribution in [0.4, 0.5) is 5.82 Å². The molecule has 0 saturated carbocycles. The van der Waals surface area contributed by atoms with Crippen LogP contribution in [0.15, 0.2) is 36.7 Å². The van der Waals surface area contributed by atoms with Gasteiger partial charge in [-0.15, -0.1) is 0 Å². The number of unbranched alkanes of at least 4 members (excludes halogenated alkanes) is 15. The first-order chi connectivity index (χ1) is 27.2. The van der Waals surface area contributed by atoms with Crippen LogP contribution in [0, 0.1) is 22.7 Å². The lowest BCUT2D eigenvalue weighted by molar-refractivity contribution is -0.120. The molecule has 1 unspecified atom stereocenters. The van der Waals surface area contributed by atoms with E-state index < -0.39 is 25.8 Å². The number of ether oxygens (including phenoxy) is 4. The first kappa shape index (κ1) is 45.1. The van der Waals surface area contributed by atoms with Gasteiger partial charge in [-0.1, -0.05) is 103 Å². The number of rotatable bonds is 29. The molecule has 3 aromatic rings. The lowest BCUT2D eigenvalue weighted by Crippen LogP contribution is -2.28. The van der Waals surface area contributed by atoms with Gasteiger partial charge in [-0.05, 0) is 36.8 Å². The molecule has 14 nitrogen and oxygen atoms in total. The summed E-state index contributed by atoms with van der Waals surface area (Å²) < 4.78 is 48.9. The molecule has 56 heavy (non-hydrogen) atoms. The number of nitrogens with zero attached hydrogens (tertiary/aromatic N) is 5. The van der Waals surface area contributed by atoms with Crippen molar-refractivity contribution in [1.29, 1.82) is 10.5 Å². The van der Waals surface area contributed by atoms with Crippen LogP contribution in [0.25, 0.3) is 5.52 Å². The van der Waals surface area contributed by atoms with E-state index in [-0.39, 0.29) is 38.5 Å². The number of phosphoric ester groups is 1. The van der Waals surface area contributed by atoms with Gasteiger partial charge < -0.3 is 29.6 Å². The number of nitriles is 2. The average Bonchev–Trinajstić information content (AvgIpc) is 3.83. The van der Waals surface area contributed by atoms with E-state index in [0.717, 1.165) is 19.3 Å². The van der Waals surface area contributed by atoms with Crippen LogP contribution in [-0.2, 0) is 40.0 Å². The van der Waals surface area contributed by atoms with Gasteiger partial charge in [-0.3, -0.25) is 9.05 Å². The van der Waals surface area contributed by atoms with Crippen LogP contribution in [0.5, 0.6) is 5.75 Å². The zero-order valence-electron chi connectivity index (χ0n) is 33.2. The van der Waals surface area contributed by atoms with Gasteiger partial charge in [0.2, 0.25) is 0 Å². The molecule has 1 saturated heterocycles. The third kappa shape index (κ3) is 14.4. The van der Waals surface area contributed by atoms with Gasteiger partial charge >= 0.3 is 7.82 Å². The van der Waals surface area contributed by atoms with E-state index in [2.05, 4.69) is 29.1 Å². The molecule has 0 spiro atoms. The van der Waals surface area contributed by atoms with E-state index in [9.17, 15) is 20.0 Å². The molecular formula is C41H61N6O8P. The van der Waals surface area contributed by atoms with Crippen molar-refractivity contribution >= 4 is 19.2 Å². The van der Waals surface area contributed by atoms with Gasteiger partial charge in [0.05, 0.1) is 44.3 Å². The number of nitrogen functional groups attached to an aromatic ring is 1. The molecule has 1 aromatic carbocycles. The van der Waals surface area contributed by atoms with Gasteiger partial charge in [0, 0.05) is 25.0 Å². The zero-order chi connectivity index (χ0) is 40.1. The first-order valence-corrected chi connectivity index (χ1v) is 21.8. The van der Waals surface area contributed by atoms with Crippen molar-refractivity contribution in [3.05, 3.63) is 53.5 Å². The van der Waals surface area contributed by atoms with Crippen LogP contribution >= 0.6 is 7.82 Å². The van der Waals surface area contributed by atoms with Gasteiger partial charge in [0.1, 0.15) is 29.8 Å². The zero-order valence-corrected chi connectivity index (χ0v) is 34.1. The van der Waals surface area contributed by atoms with Crippen molar-refractivity contribution in [2.24, 2.45) is 0 Å². The third-order valence-electron chi connectivity index (χ3n) is 10.1. The Hall–Kier alpha value is -3.59. The first-order valence-electron chi connectivity index (χ1n) is 20.3. The molecule has 0 radical (unpaired) electrons. The highest BCUT2D eigenvalue weighted by Gasteiger charge is 2.47. The summed E-state index contributed by atoms with van der Waals surface area (Å²) in [6.07, 6.45) is 20.2. The maximum Gasteiger partial charge on any atom is 0.474 e. The number of hydrogen-bond donors (Lipinski definition) is 2. The highest BCUT2D eigenvalue weighted by Crippen LogP contribution is 2.50. The van der Waals surface area contributed by atoms with Gasteiger partial charge in [0.25, 0.3) is 0 Å². The minimum atomic E-state index is -4.69. The summed E-state index contributed by atoms with van der Waals surface area (Å²) >= 11 is 0. The number of hydrogen-bond acceptors (Lipinski definition) is 12. The molecule has 3 N–H and O–H groups in total. The second kappa shape index (κ2) is 24.2. The second-order valence-electron chi connectivity index (χ2n) is 14.5. The predicted octanol–water partition coefficient (Wildman–Crippen LogP) is 9.04. The molecule has 308 valence electrons. The Morgan fingerprint density at radius 3 is 2.27 bits per heavy atom. The lowest BCUT2D eigenvalue weighted by atomic mass is 9.98. The smallest absolute Gasteiger partial charge is 0.474 e. The maximum atomic E-state index is 13.2.